The van der Waals surface area contributed by atoms with Gasteiger partial charge in [-0.2, -0.15) is 0 Å². The topological polar surface area (TPSA) is 32.9 Å². The van der Waals surface area contributed by atoms with Gasteiger partial charge in [0.2, 0.25) is 0 Å². The van der Waals surface area contributed by atoms with Gasteiger partial charge in [0.25, 0.3) is 5.56 Å². The van der Waals surface area contributed by atoms with Gasteiger partial charge >= 0.3 is 0 Å². The van der Waals surface area contributed by atoms with E-state index in [1.807, 2.05) is 6.08 Å². The van der Waals surface area contributed by atoms with Crippen molar-refractivity contribution in [3.8, 4) is 0 Å². The van der Waals surface area contributed by atoms with E-state index < -0.39 is 0 Å². The molecule has 2 nitrogen and oxygen atoms in total. The second kappa shape index (κ2) is 4.62. The third kappa shape index (κ3) is 2.60. The average Bonchev–Trinajstić information content (AvgIpc) is 2.07. The van der Waals surface area contributed by atoms with Crippen molar-refractivity contribution in [2.75, 3.05) is 5.33 Å². The molecule has 0 fully saturated rings. The minimum absolute atomic E-state index is 0.0737. The molecule has 0 aromatic carbocycles. The van der Waals surface area contributed by atoms with Gasteiger partial charge in [-0.3, -0.25) is 4.79 Å². The van der Waals surface area contributed by atoms with E-state index in [2.05, 4.69) is 36.8 Å². The molecule has 64 valence electrons. The largest absolute Gasteiger partial charge is 0.327 e. The highest BCUT2D eigenvalue weighted by molar-refractivity contribution is 9.10. The van der Waals surface area contributed by atoms with Crippen LogP contribution in [-0.4, -0.2) is 10.3 Å². The van der Waals surface area contributed by atoms with Crippen molar-refractivity contribution >= 4 is 37.9 Å². The molecule has 0 saturated carbocycles. The molecule has 0 saturated heterocycles. The Kier molecular flexibility index (Phi) is 3.75. The molecule has 1 aromatic heterocycles. The van der Waals surface area contributed by atoms with Crippen LogP contribution in [-0.2, 0) is 0 Å². The molecular formula is C8H7Br2NO. The van der Waals surface area contributed by atoms with E-state index in [-0.39, 0.29) is 5.56 Å². The van der Waals surface area contributed by atoms with Crippen LogP contribution in [0.25, 0.3) is 6.08 Å². The molecule has 0 spiro atoms. The van der Waals surface area contributed by atoms with Crippen molar-refractivity contribution in [2.24, 2.45) is 0 Å². The fraction of sp³-hybridized carbons (Fsp3) is 0.125. The Hall–Kier alpha value is -0.350. The summed E-state index contributed by atoms with van der Waals surface area (Å²) >= 11 is 6.51. The summed E-state index contributed by atoms with van der Waals surface area (Å²) in [7, 11) is 0. The van der Waals surface area contributed by atoms with Gasteiger partial charge in [0.05, 0.1) is 0 Å². The predicted octanol–water partition coefficient (Wildman–Crippen LogP) is 2.55. The normalized spacial score (nSPS) is 10.8. The number of aromatic nitrogens is 1. The van der Waals surface area contributed by atoms with Crippen LogP contribution in [0.3, 0.4) is 0 Å². The zero-order valence-electron chi connectivity index (χ0n) is 6.18. The number of nitrogens with one attached hydrogen (secondary N) is 1. The van der Waals surface area contributed by atoms with Crippen molar-refractivity contribution in [3.05, 3.63) is 38.7 Å². The first-order valence-corrected chi connectivity index (χ1v) is 5.26. The van der Waals surface area contributed by atoms with Crippen LogP contribution in [0.15, 0.2) is 27.6 Å². The summed E-state index contributed by atoms with van der Waals surface area (Å²) in [5.74, 6) is 0. The predicted molar refractivity (Wildman–Crippen MR) is 57.6 cm³/mol. The number of halogens is 2. The van der Waals surface area contributed by atoms with E-state index in [0.29, 0.717) is 5.56 Å². The molecule has 0 atom stereocenters. The van der Waals surface area contributed by atoms with Crippen LogP contribution >= 0.6 is 31.9 Å². The number of hydrogen-bond acceptors (Lipinski definition) is 1. The SMILES string of the molecule is O=c1[nH]cc(Br)cc1C=CCBr. The Morgan fingerprint density at radius 1 is 1.58 bits per heavy atom. The number of alkyl halides is 1. The summed E-state index contributed by atoms with van der Waals surface area (Å²) in [4.78, 5) is 13.7. The molecule has 0 aliphatic rings. The van der Waals surface area contributed by atoms with Gasteiger partial charge in [-0.1, -0.05) is 28.1 Å². The first-order valence-electron chi connectivity index (χ1n) is 3.35. The Labute approximate surface area is 87.0 Å². The molecule has 0 aliphatic carbocycles. The molecule has 0 unspecified atom stereocenters. The van der Waals surface area contributed by atoms with Crippen LogP contribution in [0.4, 0.5) is 0 Å². The lowest BCUT2D eigenvalue weighted by atomic mass is 10.2. The number of hydrogen-bond donors (Lipinski definition) is 1. The van der Waals surface area contributed by atoms with Crippen molar-refractivity contribution < 1.29 is 0 Å². The third-order valence-electron chi connectivity index (χ3n) is 1.28. The standard InChI is InChI=1S/C8H7Br2NO/c9-3-1-2-6-4-7(10)5-11-8(6)12/h1-2,4-5H,3H2,(H,11,12). The molecule has 1 rings (SSSR count). The number of rotatable bonds is 2. The molecule has 1 N–H and O–H groups in total. The maximum atomic E-state index is 11.1. The maximum absolute atomic E-state index is 11.1. The second-order valence-electron chi connectivity index (χ2n) is 2.16. The maximum Gasteiger partial charge on any atom is 0.255 e. The smallest absolute Gasteiger partial charge is 0.255 e. The number of H-pyrrole nitrogens is 1. The molecule has 0 bridgehead atoms. The Bertz CT molecular complexity index is 343. The van der Waals surface area contributed by atoms with E-state index in [9.17, 15) is 4.79 Å². The highest BCUT2D eigenvalue weighted by Crippen LogP contribution is 2.07. The number of pyridine rings is 1. The zero-order chi connectivity index (χ0) is 8.97. The molecule has 0 radical (unpaired) electrons. The summed E-state index contributed by atoms with van der Waals surface area (Å²) in [6.45, 7) is 0. The molecule has 0 amide bonds. The van der Waals surface area contributed by atoms with Gasteiger partial charge in [0.1, 0.15) is 0 Å². The zero-order valence-corrected chi connectivity index (χ0v) is 9.35. The van der Waals surface area contributed by atoms with Crippen LogP contribution < -0.4 is 5.56 Å². The Morgan fingerprint density at radius 2 is 2.33 bits per heavy atom. The van der Waals surface area contributed by atoms with Gasteiger partial charge in [0, 0.05) is 21.6 Å². The Balaban J connectivity index is 3.06. The summed E-state index contributed by atoms with van der Waals surface area (Å²) in [6.07, 6.45) is 5.27. The van der Waals surface area contributed by atoms with Crippen LogP contribution in [0.5, 0.6) is 0 Å². The van der Waals surface area contributed by atoms with Gasteiger partial charge in [0.15, 0.2) is 0 Å². The molecule has 0 aliphatic heterocycles. The lowest BCUT2D eigenvalue weighted by Gasteiger charge is -1.92. The van der Waals surface area contributed by atoms with Gasteiger partial charge < -0.3 is 4.98 Å². The van der Waals surface area contributed by atoms with Crippen molar-refractivity contribution in [2.45, 2.75) is 0 Å². The quantitative estimate of drug-likeness (QED) is 0.835. The van der Waals surface area contributed by atoms with Crippen molar-refractivity contribution in [1.29, 1.82) is 0 Å². The van der Waals surface area contributed by atoms with E-state index in [4.69, 9.17) is 0 Å². The molecule has 12 heavy (non-hydrogen) atoms. The fourth-order valence-electron chi connectivity index (χ4n) is 0.769. The average molecular weight is 293 g/mol. The fourth-order valence-corrected chi connectivity index (χ4v) is 1.32. The summed E-state index contributed by atoms with van der Waals surface area (Å²) in [5, 5.41) is 0.749. The monoisotopic (exact) mass is 291 g/mol. The van der Waals surface area contributed by atoms with Crippen LogP contribution in [0.1, 0.15) is 5.56 Å². The van der Waals surface area contributed by atoms with Crippen molar-refractivity contribution in [1.82, 2.24) is 4.98 Å². The number of allylic oxidation sites excluding steroid dienone is 1. The molecule has 1 heterocycles. The Morgan fingerprint density at radius 3 is 3.00 bits per heavy atom. The summed E-state index contributed by atoms with van der Waals surface area (Å²) in [6, 6.07) is 1.78. The second-order valence-corrected chi connectivity index (χ2v) is 3.72. The van der Waals surface area contributed by atoms with E-state index in [1.54, 1.807) is 18.3 Å². The van der Waals surface area contributed by atoms with E-state index in [1.165, 1.54) is 0 Å². The molecule has 4 heteroatoms. The summed E-state index contributed by atoms with van der Waals surface area (Å²) in [5.41, 5.74) is 0.583. The van der Waals surface area contributed by atoms with Gasteiger partial charge in [-0.05, 0) is 22.0 Å². The molecular weight excluding hydrogens is 286 g/mol. The van der Waals surface area contributed by atoms with E-state index >= 15 is 0 Å². The lowest BCUT2D eigenvalue weighted by molar-refractivity contribution is 1.21. The minimum Gasteiger partial charge on any atom is -0.327 e. The van der Waals surface area contributed by atoms with Gasteiger partial charge in [-0.25, -0.2) is 0 Å². The first kappa shape index (κ1) is 9.74. The van der Waals surface area contributed by atoms with Gasteiger partial charge in [-0.15, -0.1) is 0 Å². The third-order valence-corrected chi connectivity index (χ3v) is 2.11. The molecule has 1 aromatic rings. The highest BCUT2D eigenvalue weighted by atomic mass is 79.9. The highest BCUT2D eigenvalue weighted by Gasteiger charge is 1.94. The van der Waals surface area contributed by atoms with Crippen LogP contribution in [0, 0.1) is 0 Å². The number of aromatic amines is 1. The van der Waals surface area contributed by atoms with E-state index in [0.717, 1.165) is 9.80 Å². The first-order chi connectivity index (χ1) is 5.74. The minimum atomic E-state index is -0.0737. The van der Waals surface area contributed by atoms with Crippen LogP contribution in [0.2, 0.25) is 0 Å². The summed E-state index contributed by atoms with van der Waals surface area (Å²) < 4.78 is 0.872. The lowest BCUT2D eigenvalue weighted by Crippen LogP contribution is -2.07. The van der Waals surface area contributed by atoms with Crippen molar-refractivity contribution in [3.63, 3.8) is 0 Å².